The molecule has 23 heavy (non-hydrogen) atoms. The Labute approximate surface area is 134 Å². The molecule has 0 atom stereocenters. The Kier molecular flexibility index (Phi) is 4.38. The summed E-state index contributed by atoms with van der Waals surface area (Å²) in [5, 5.41) is 3.95. The summed E-state index contributed by atoms with van der Waals surface area (Å²) in [4.78, 5) is 22.5. The molecule has 2 aromatic heterocycles. The van der Waals surface area contributed by atoms with Crippen LogP contribution in [-0.2, 0) is 4.79 Å². The molecule has 0 saturated carbocycles. The fraction of sp³-hybridized carbons (Fsp3) is 0.500. The summed E-state index contributed by atoms with van der Waals surface area (Å²) >= 11 is 0. The Morgan fingerprint density at radius 3 is 2.57 bits per heavy atom. The number of aryl methyl sites for hydroxylation is 2. The van der Waals surface area contributed by atoms with Crippen LogP contribution in [0.15, 0.2) is 16.9 Å². The number of carbonyl (C=O) groups is 1. The fourth-order valence-electron chi connectivity index (χ4n) is 3.08. The Morgan fingerprint density at radius 1 is 1.30 bits per heavy atom. The highest BCUT2D eigenvalue weighted by Crippen LogP contribution is 2.28. The minimum absolute atomic E-state index is 0.0169. The lowest BCUT2D eigenvalue weighted by Gasteiger charge is -2.31. The summed E-state index contributed by atoms with van der Waals surface area (Å²) in [6.07, 6.45) is 5.39. The molecule has 0 aromatic carbocycles. The second kappa shape index (κ2) is 6.45. The van der Waals surface area contributed by atoms with Gasteiger partial charge in [0.1, 0.15) is 5.76 Å². The third-order valence-corrected chi connectivity index (χ3v) is 4.40. The first-order valence-electron chi connectivity index (χ1n) is 7.83. The van der Waals surface area contributed by atoms with Gasteiger partial charge in [-0.2, -0.15) is 0 Å². The van der Waals surface area contributed by atoms with Gasteiger partial charge in [-0.3, -0.25) is 14.8 Å². The van der Waals surface area contributed by atoms with Crippen LogP contribution in [0.25, 0.3) is 11.3 Å². The molecule has 0 unspecified atom stereocenters. The third-order valence-electron chi connectivity index (χ3n) is 4.40. The van der Waals surface area contributed by atoms with Crippen molar-refractivity contribution in [1.29, 1.82) is 0 Å². The van der Waals surface area contributed by atoms with E-state index in [2.05, 4.69) is 15.1 Å². The van der Waals surface area contributed by atoms with Gasteiger partial charge in [-0.1, -0.05) is 5.16 Å². The van der Waals surface area contributed by atoms with E-state index >= 15 is 0 Å². The molecule has 0 bridgehead atoms. The molecular weight excluding hydrogens is 294 g/mol. The maximum absolute atomic E-state index is 11.6. The summed E-state index contributed by atoms with van der Waals surface area (Å²) in [5.41, 5.74) is 8.89. The van der Waals surface area contributed by atoms with Crippen LogP contribution in [0.5, 0.6) is 0 Å². The molecule has 0 radical (unpaired) electrons. The lowest BCUT2D eigenvalue weighted by molar-refractivity contribution is -0.130. The van der Waals surface area contributed by atoms with Crippen molar-refractivity contribution < 1.29 is 9.32 Å². The number of likely N-dealkylation sites (tertiary alicyclic amines) is 1. The Hall–Kier alpha value is -2.28. The van der Waals surface area contributed by atoms with E-state index in [0.717, 1.165) is 54.3 Å². The summed E-state index contributed by atoms with van der Waals surface area (Å²) in [5.74, 6) is 1.10. The maximum atomic E-state index is 11.6. The van der Waals surface area contributed by atoms with Gasteiger partial charge in [0.2, 0.25) is 5.91 Å². The number of carbonyl (C=O) groups excluding carboxylic acids is 1. The molecule has 7 heteroatoms. The third kappa shape index (κ3) is 3.10. The quantitative estimate of drug-likeness (QED) is 0.919. The molecule has 2 aromatic rings. The molecule has 0 spiro atoms. The molecule has 1 aliphatic heterocycles. The minimum atomic E-state index is 0.0169. The van der Waals surface area contributed by atoms with Gasteiger partial charge in [-0.05, 0) is 26.7 Å². The molecular formula is C16H21N5O2. The zero-order chi connectivity index (χ0) is 16.4. The van der Waals surface area contributed by atoms with Gasteiger partial charge in [0.15, 0.2) is 0 Å². The van der Waals surface area contributed by atoms with Gasteiger partial charge < -0.3 is 15.2 Å². The van der Waals surface area contributed by atoms with Crippen molar-refractivity contribution >= 4 is 5.91 Å². The van der Waals surface area contributed by atoms with E-state index in [9.17, 15) is 4.79 Å². The molecule has 3 rings (SSSR count). The number of piperidine rings is 1. The average molecular weight is 315 g/mol. The van der Waals surface area contributed by atoms with Crippen LogP contribution in [-0.4, -0.2) is 45.6 Å². The summed E-state index contributed by atoms with van der Waals surface area (Å²) in [6.45, 7) is 5.30. The molecule has 122 valence electrons. The van der Waals surface area contributed by atoms with Crippen molar-refractivity contribution in [3.05, 3.63) is 29.5 Å². The molecule has 0 aliphatic carbocycles. The Bertz CT molecular complexity index is 667. The van der Waals surface area contributed by atoms with E-state index in [1.165, 1.54) is 0 Å². The van der Waals surface area contributed by atoms with E-state index in [-0.39, 0.29) is 12.5 Å². The van der Waals surface area contributed by atoms with E-state index < -0.39 is 0 Å². The van der Waals surface area contributed by atoms with Crippen molar-refractivity contribution in [2.45, 2.75) is 32.6 Å². The molecule has 1 saturated heterocycles. The second-order valence-electron chi connectivity index (χ2n) is 5.88. The van der Waals surface area contributed by atoms with E-state index in [1.54, 1.807) is 6.20 Å². The summed E-state index contributed by atoms with van der Waals surface area (Å²) in [6, 6.07) is 0. The molecule has 7 nitrogen and oxygen atoms in total. The van der Waals surface area contributed by atoms with Gasteiger partial charge >= 0.3 is 0 Å². The number of aromatic nitrogens is 3. The first kappa shape index (κ1) is 15.6. The maximum Gasteiger partial charge on any atom is 0.236 e. The van der Waals surface area contributed by atoms with Crippen molar-refractivity contribution in [3.8, 4) is 11.3 Å². The highest BCUT2D eigenvalue weighted by atomic mass is 16.5. The number of rotatable bonds is 3. The normalized spacial score (nSPS) is 15.9. The van der Waals surface area contributed by atoms with Crippen molar-refractivity contribution in [2.75, 3.05) is 19.6 Å². The zero-order valence-corrected chi connectivity index (χ0v) is 13.5. The standard InChI is InChI=1S/C16H21N5O2/c1-10-16(11(2)23-20-10)14-9-18-13(8-19-14)12-3-5-21(6-4-12)15(22)7-17/h8-9,12H,3-7,17H2,1-2H3. The number of hydrogen-bond donors (Lipinski definition) is 1. The lowest BCUT2D eigenvalue weighted by atomic mass is 9.93. The van der Waals surface area contributed by atoms with Crippen LogP contribution in [0.1, 0.15) is 35.9 Å². The molecule has 2 N–H and O–H groups in total. The SMILES string of the molecule is Cc1noc(C)c1-c1cnc(C2CCN(C(=O)CN)CC2)cn1. The van der Waals surface area contributed by atoms with E-state index in [0.29, 0.717) is 5.92 Å². The van der Waals surface area contributed by atoms with Crippen molar-refractivity contribution in [3.63, 3.8) is 0 Å². The van der Waals surface area contributed by atoms with Crippen molar-refractivity contribution in [1.82, 2.24) is 20.0 Å². The minimum Gasteiger partial charge on any atom is -0.361 e. The predicted molar refractivity (Wildman–Crippen MR) is 84.6 cm³/mol. The molecule has 3 heterocycles. The summed E-state index contributed by atoms with van der Waals surface area (Å²) in [7, 11) is 0. The van der Waals surface area contributed by atoms with Gasteiger partial charge in [0.05, 0.1) is 35.4 Å². The monoisotopic (exact) mass is 315 g/mol. The summed E-state index contributed by atoms with van der Waals surface area (Å²) < 4.78 is 5.18. The Balaban J connectivity index is 1.70. The van der Waals surface area contributed by atoms with Gasteiger partial charge in [0, 0.05) is 25.2 Å². The van der Waals surface area contributed by atoms with E-state index in [4.69, 9.17) is 10.3 Å². The van der Waals surface area contributed by atoms with Crippen molar-refractivity contribution in [2.24, 2.45) is 5.73 Å². The Morgan fingerprint density at radius 2 is 2.04 bits per heavy atom. The highest BCUT2D eigenvalue weighted by Gasteiger charge is 2.24. The number of hydrogen-bond acceptors (Lipinski definition) is 6. The molecule has 1 fully saturated rings. The zero-order valence-electron chi connectivity index (χ0n) is 13.5. The van der Waals surface area contributed by atoms with Crippen LogP contribution in [0.2, 0.25) is 0 Å². The van der Waals surface area contributed by atoms with Gasteiger partial charge in [-0.25, -0.2) is 0 Å². The smallest absolute Gasteiger partial charge is 0.236 e. The first-order valence-corrected chi connectivity index (χ1v) is 7.83. The topological polar surface area (TPSA) is 98.1 Å². The number of nitrogens with zero attached hydrogens (tertiary/aromatic N) is 4. The number of amides is 1. The van der Waals surface area contributed by atoms with Crippen LogP contribution < -0.4 is 5.73 Å². The van der Waals surface area contributed by atoms with Gasteiger partial charge in [-0.15, -0.1) is 0 Å². The van der Waals surface area contributed by atoms with Gasteiger partial charge in [0.25, 0.3) is 0 Å². The highest BCUT2D eigenvalue weighted by molar-refractivity contribution is 5.78. The van der Waals surface area contributed by atoms with Crippen LogP contribution in [0.3, 0.4) is 0 Å². The predicted octanol–water partition coefficient (Wildman–Crippen LogP) is 1.41. The molecule has 1 amide bonds. The first-order chi connectivity index (χ1) is 11.1. The number of nitrogens with two attached hydrogens (primary N) is 1. The average Bonchev–Trinajstić information content (AvgIpc) is 2.93. The largest absolute Gasteiger partial charge is 0.361 e. The second-order valence-corrected chi connectivity index (χ2v) is 5.88. The fourth-order valence-corrected chi connectivity index (χ4v) is 3.08. The van der Waals surface area contributed by atoms with Crippen LogP contribution in [0, 0.1) is 13.8 Å². The van der Waals surface area contributed by atoms with Crippen LogP contribution >= 0.6 is 0 Å². The lowest BCUT2D eigenvalue weighted by Crippen LogP contribution is -2.41. The van der Waals surface area contributed by atoms with Crippen LogP contribution in [0.4, 0.5) is 0 Å². The van der Waals surface area contributed by atoms with E-state index in [1.807, 2.05) is 24.9 Å². The molecule has 1 aliphatic rings.